The average Bonchev–Trinajstić information content (AvgIpc) is 3.08. The molecule has 0 unspecified atom stereocenters. The van der Waals surface area contributed by atoms with Crippen LogP contribution in [0.5, 0.6) is 0 Å². The van der Waals surface area contributed by atoms with Crippen molar-refractivity contribution in [3.05, 3.63) is 60.1 Å². The molecule has 2 rings (SSSR count). The molecule has 0 saturated carbocycles. The number of furan rings is 1. The van der Waals surface area contributed by atoms with Crippen LogP contribution in [0.1, 0.15) is 31.2 Å². The Kier molecular flexibility index (Phi) is 5.18. The third-order valence-electron chi connectivity index (χ3n) is 3.50. The van der Waals surface area contributed by atoms with E-state index in [0.717, 1.165) is 5.56 Å². The van der Waals surface area contributed by atoms with Gasteiger partial charge < -0.3 is 20.2 Å². The van der Waals surface area contributed by atoms with E-state index in [9.17, 15) is 14.7 Å². The van der Waals surface area contributed by atoms with E-state index in [1.807, 2.05) is 30.3 Å². The van der Waals surface area contributed by atoms with Gasteiger partial charge in [0.15, 0.2) is 0 Å². The van der Waals surface area contributed by atoms with Crippen molar-refractivity contribution in [2.45, 2.75) is 25.5 Å². The normalized spacial score (nSPS) is 14.6. The van der Waals surface area contributed by atoms with Gasteiger partial charge in [0.25, 0.3) is 0 Å². The minimum Gasteiger partial charge on any atom is -0.466 e. The third-order valence-corrected chi connectivity index (χ3v) is 3.50. The molecule has 0 bridgehead atoms. The van der Waals surface area contributed by atoms with E-state index < -0.39 is 17.4 Å². The van der Waals surface area contributed by atoms with Gasteiger partial charge in [0.2, 0.25) is 0 Å². The number of hydrogen-bond donors (Lipinski definition) is 3. The molecule has 0 aliphatic carbocycles. The molecule has 0 fully saturated rings. The van der Waals surface area contributed by atoms with Crippen molar-refractivity contribution in [2.75, 3.05) is 6.54 Å². The number of nitrogens with one attached hydrogen (secondary N) is 2. The van der Waals surface area contributed by atoms with Crippen molar-refractivity contribution in [1.82, 2.24) is 10.6 Å². The highest BCUT2D eigenvalue weighted by atomic mass is 16.4. The largest absolute Gasteiger partial charge is 0.466 e. The van der Waals surface area contributed by atoms with Crippen LogP contribution in [-0.2, 0) is 15.2 Å². The summed E-state index contributed by atoms with van der Waals surface area (Å²) < 4.78 is 5.11. The lowest BCUT2D eigenvalue weighted by atomic mass is 10.0. The molecule has 3 N–H and O–H groups in total. The van der Waals surface area contributed by atoms with Crippen molar-refractivity contribution in [2.24, 2.45) is 0 Å². The maximum Gasteiger partial charge on any atom is 0.309 e. The van der Waals surface area contributed by atoms with Gasteiger partial charge in [-0.05, 0) is 31.5 Å². The molecular weight excluding hydrogens is 296 g/mol. The van der Waals surface area contributed by atoms with Crippen LogP contribution in [0.4, 0.5) is 0 Å². The summed E-state index contributed by atoms with van der Waals surface area (Å²) in [4.78, 5) is 23.8. The first kappa shape index (κ1) is 16.8. The first-order chi connectivity index (χ1) is 10.9. The van der Waals surface area contributed by atoms with Crippen molar-refractivity contribution in [3.63, 3.8) is 0 Å². The number of rotatable bonds is 5. The van der Waals surface area contributed by atoms with Crippen LogP contribution >= 0.6 is 0 Å². The molecule has 6 nitrogen and oxygen atoms in total. The lowest BCUT2D eigenvalue weighted by Gasteiger charge is -2.21. The van der Waals surface area contributed by atoms with Crippen molar-refractivity contribution in [3.8, 4) is 0 Å². The van der Waals surface area contributed by atoms with Crippen molar-refractivity contribution < 1.29 is 19.1 Å². The lowest BCUT2D eigenvalue weighted by molar-refractivity contribution is -0.140. The van der Waals surface area contributed by atoms with Crippen molar-refractivity contribution >= 4 is 11.8 Å². The van der Waals surface area contributed by atoms with Crippen LogP contribution in [-0.4, -0.2) is 23.5 Å². The summed E-state index contributed by atoms with van der Waals surface area (Å²) in [5, 5.41) is 15.2. The molecule has 2 atom stereocenters. The first-order valence-electron chi connectivity index (χ1n) is 7.30. The van der Waals surface area contributed by atoms with E-state index in [1.165, 1.54) is 13.2 Å². The summed E-state index contributed by atoms with van der Waals surface area (Å²) in [6.07, 6.45) is 1.43. The molecule has 6 heteroatoms. The molecule has 1 aromatic carbocycles. The molecule has 1 heterocycles. The van der Waals surface area contributed by atoms with Gasteiger partial charge in [-0.3, -0.25) is 9.59 Å². The van der Waals surface area contributed by atoms with Crippen LogP contribution in [0.2, 0.25) is 0 Å². The summed E-state index contributed by atoms with van der Waals surface area (Å²) in [5.74, 6) is -1.24. The summed E-state index contributed by atoms with van der Waals surface area (Å²) in [6.45, 7) is 3.16. The fourth-order valence-corrected chi connectivity index (χ4v) is 2.09. The molecule has 1 aromatic heterocycles. The standard InChI is InChI=1S/C17H20N2O4/c1-12(13-7-4-3-5-8-13)19-16(21)15(20)18-11-17(2,22)14-9-6-10-23-14/h3-10,12,22H,11H2,1-2H3,(H,18,20)(H,19,21)/t12-,17+/m0/s1. The zero-order valence-corrected chi connectivity index (χ0v) is 13.1. The van der Waals surface area contributed by atoms with Gasteiger partial charge in [-0.1, -0.05) is 30.3 Å². The molecule has 0 spiro atoms. The van der Waals surface area contributed by atoms with E-state index in [4.69, 9.17) is 4.42 Å². The highest BCUT2D eigenvalue weighted by molar-refractivity contribution is 6.35. The fraction of sp³-hybridized carbons (Fsp3) is 0.294. The second-order valence-electron chi connectivity index (χ2n) is 5.54. The lowest BCUT2D eigenvalue weighted by Crippen LogP contribution is -2.45. The van der Waals surface area contributed by atoms with Gasteiger partial charge in [0, 0.05) is 0 Å². The summed E-state index contributed by atoms with van der Waals surface area (Å²) in [7, 11) is 0. The van der Waals surface area contributed by atoms with E-state index in [-0.39, 0.29) is 12.6 Å². The molecule has 122 valence electrons. The molecule has 2 amide bonds. The summed E-state index contributed by atoms with van der Waals surface area (Å²) in [5.41, 5.74) is -0.485. The van der Waals surface area contributed by atoms with E-state index in [2.05, 4.69) is 10.6 Å². The van der Waals surface area contributed by atoms with Crippen molar-refractivity contribution in [1.29, 1.82) is 0 Å². The van der Waals surface area contributed by atoms with Gasteiger partial charge in [0.05, 0.1) is 18.8 Å². The van der Waals surface area contributed by atoms with E-state index in [1.54, 1.807) is 19.1 Å². The maximum atomic E-state index is 11.9. The predicted molar refractivity (Wildman–Crippen MR) is 84.3 cm³/mol. The van der Waals surface area contributed by atoms with Crippen LogP contribution in [0, 0.1) is 0 Å². The monoisotopic (exact) mass is 316 g/mol. The van der Waals surface area contributed by atoms with Crippen LogP contribution in [0.15, 0.2) is 53.1 Å². The minimum atomic E-state index is -1.38. The Morgan fingerprint density at radius 3 is 2.48 bits per heavy atom. The summed E-state index contributed by atoms with van der Waals surface area (Å²) in [6, 6.07) is 12.3. The quantitative estimate of drug-likeness (QED) is 0.729. The molecule has 0 aliphatic rings. The van der Waals surface area contributed by atoms with Gasteiger partial charge >= 0.3 is 11.8 Å². The second-order valence-corrected chi connectivity index (χ2v) is 5.54. The molecule has 0 radical (unpaired) electrons. The van der Waals surface area contributed by atoms with Crippen LogP contribution in [0.25, 0.3) is 0 Å². The topological polar surface area (TPSA) is 91.6 Å². The number of carbonyl (C=O) groups is 2. The third kappa shape index (κ3) is 4.43. The Morgan fingerprint density at radius 1 is 1.17 bits per heavy atom. The Labute approximate surface area is 134 Å². The van der Waals surface area contributed by atoms with E-state index in [0.29, 0.717) is 5.76 Å². The Morgan fingerprint density at radius 2 is 1.87 bits per heavy atom. The Balaban J connectivity index is 1.87. The summed E-state index contributed by atoms with van der Waals surface area (Å²) >= 11 is 0. The number of carbonyl (C=O) groups excluding carboxylic acids is 2. The second kappa shape index (κ2) is 7.11. The number of amides is 2. The minimum absolute atomic E-state index is 0.132. The zero-order valence-electron chi connectivity index (χ0n) is 13.1. The Hall–Kier alpha value is -2.60. The van der Waals surface area contributed by atoms with Crippen LogP contribution in [0.3, 0.4) is 0 Å². The first-order valence-corrected chi connectivity index (χ1v) is 7.30. The molecule has 23 heavy (non-hydrogen) atoms. The Bertz CT molecular complexity index is 650. The van der Waals surface area contributed by atoms with Crippen LogP contribution < -0.4 is 10.6 Å². The van der Waals surface area contributed by atoms with Gasteiger partial charge in [-0.2, -0.15) is 0 Å². The molecular formula is C17H20N2O4. The highest BCUT2D eigenvalue weighted by Crippen LogP contribution is 2.19. The fourth-order valence-electron chi connectivity index (χ4n) is 2.09. The van der Waals surface area contributed by atoms with E-state index >= 15 is 0 Å². The number of aliphatic hydroxyl groups is 1. The SMILES string of the molecule is C[C@H](NC(=O)C(=O)NC[C@@](C)(O)c1ccco1)c1ccccc1. The van der Waals surface area contributed by atoms with Gasteiger partial charge in [-0.15, -0.1) is 0 Å². The number of benzene rings is 1. The predicted octanol–water partition coefficient (Wildman–Crippen LogP) is 1.48. The maximum absolute atomic E-state index is 11.9. The molecule has 0 aliphatic heterocycles. The molecule has 0 saturated heterocycles. The highest BCUT2D eigenvalue weighted by Gasteiger charge is 2.28. The molecule has 2 aromatic rings. The van der Waals surface area contributed by atoms with Gasteiger partial charge in [-0.25, -0.2) is 0 Å². The average molecular weight is 316 g/mol. The zero-order chi connectivity index (χ0) is 16.9. The number of hydrogen-bond acceptors (Lipinski definition) is 4. The van der Waals surface area contributed by atoms with Gasteiger partial charge in [0.1, 0.15) is 11.4 Å². The smallest absolute Gasteiger partial charge is 0.309 e.